The molecule has 0 bridgehead atoms. The average molecular weight is 257 g/mol. The van der Waals surface area contributed by atoms with E-state index in [-0.39, 0.29) is 0 Å². The van der Waals surface area contributed by atoms with Gasteiger partial charge in [0.05, 0.1) is 12.1 Å². The second-order valence-electron chi connectivity index (χ2n) is 4.30. The predicted octanol–water partition coefficient (Wildman–Crippen LogP) is 2.76. The highest BCUT2D eigenvalue weighted by molar-refractivity contribution is 5.39. The molecule has 0 fully saturated rings. The first-order valence-electron chi connectivity index (χ1n) is 5.67. The molecule has 0 radical (unpaired) electrons. The van der Waals surface area contributed by atoms with Crippen molar-refractivity contribution in [2.24, 2.45) is 0 Å². The van der Waals surface area contributed by atoms with Crippen LogP contribution in [0.25, 0.3) is 5.65 Å². The summed E-state index contributed by atoms with van der Waals surface area (Å²) >= 11 is 0. The van der Waals surface area contributed by atoms with Gasteiger partial charge in [-0.05, 0) is 19.1 Å². The van der Waals surface area contributed by atoms with Crippen LogP contribution in [0.5, 0.6) is 0 Å². The van der Waals surface area contributed by atoms with Gasteiger partial charge in [0.1, 0.15) is 5.65 Å². The van der Waals surface area contributed by atoms with E-state index in [1.54, 1.807) is 0 Å². The van der Waals surface area contributed by atoms with E-state index in [1.165, 1.54) is 6.92 Å². The van der Waals surface area contributed by atoms with E-state index in [2.05, 4.69) is 10.3 Å². The summed E-state index contributed by atoms with van der Waals surface area (Å²) in [5.41, 5.74) is 1.52. The molecule has 3 nitrogen and oxygen atoms in total. The smallest absolute Gasteiger partial charge is 0.308 e. The minimum atomic E-state index is -4.13. The SMILES string of the molecule is CC(CC(F)(F)F)NCc1cn2ccccc2n1. The number of nitrogens with zero attached hydrogens (tertiary/aromatic N) is 2. The molecule has 6 heteroatoms. The van der Waals surface area contributed by atoms with Gasteiger partial charge in [0.15, 0.2) is 0 Å². The van der Waals surface area contributed by atoms with Crippen LogP contribution in [-0.2, 0) is 6.54 Å². The second-order valence-corrected chi connectivity index (χ2v) is 4.30. The monoisotopic (exact) mass is 257 g/mol. The lowest BCUT2D eigenvalue weighted by molar-refractivity contribution is -0.139. The molecule has 0 saturated heterocycles. The summed E-state index contributed by atoms with van der Waals surface area (Å²) in [5.74, 6) is 0. The van der Waals surface area contributed by atoms with Gasteiger partial charge >= 0.3 is 6.18 Å². The van der Waals surface area contributed by atoms with Crippen LogP contribution in [0.1, 0.15) is 19.0 Å². The van der Waals surface area contributed by atoms with Crippen LogP contribution in [0.3, 0.4) is 0 Å². The molecule has 2 heterocycles. The molecule has 1 N–H and O–H groups in total. The van der Waals surface area contributed by atoms with E-state index < -0.39 is 18.6 Å². The van der Waals surface area contributed by atoms with Gasteiger partial charge in [-0.25, -0.2) is 4.98 Å². The molecule has 0 aromatic carbocycles. The summed E-state index contributed by atoms with van der Waals surface area (Å²) in [6.45, 7) is 1.85. The molecule has 2 rings (SSSR count). The summed E-state index contributed by atoms with van der Waals surface area (Å²) in [4.78, 5) is 4.30. The number of hydrogen-bond donors (Lipinski definition) is 1. The van der Waals surface area contributed by atoms with Crippen molar-refractivity contribution in [2.45, 2.75) is 32.1 Å². The zero-order valence-electron chi connectivity index (χ0n) is 9.91. The highest BCUT2D eigenvalue weighted by atomic mass is 19.4. The third-order valence-electron chi connectivity index (χ3n) is 2.58. The predicted molar refractivity (Wildman–Crippen MR) is 62.2 cm³/mol. The minimum Gasteiger partial charge on any atom is -0.308 e. The molecule has 0 aliphatic carbocycles. The molecule has 1 unspecified atom stereocenters. The Hall–Kier alpha value is -1.56. The fourth-order valence-corrected chi connectivity index (χ4v) is 1.77. The summed E-state index contributed by atoms with van der Waals surface area (Å²) in [5, 5.41) is 2.82. The van der Waals surface area contributed by atoms with Crippen molar-refractivity contribution >= 4 is 5.65 Å². The molecule has 0 aliphatic rings. The summed E-state index contributed by atoms with van der Waals surface area (Å²) < 4.78 is 38.3. The van der Waals surface area contributed by atoms with Gasteiger partial charge < -0.3 is 9.72 Å². The highest BCUT2D eigenvalue weighted by Crippen LogP contribution is 2.21. The number of pyridine rings is 1. The van der Waals surface area contributed by atoms with Gasteiger partial charge in [0.2, 0.25) is 0 Å². The van der Waals surface area contributed by atoms with Gasteiger partial charge in [0, 0.05) is 25.0 Å². The Kier molecular flexibility index (Phi) is 3.56. The van der Waals surface area contributed by atoms with Crippen LogP contribution in [-0.4, -0.2) is 21.6 Å². The highest BCUT2D eigenvalue weighted by Gasteiger charge is 2.29. The first kappa shape index (κ1) is 12.9. The van der Waals surface area contributed by atoms with Crippen molar-refractivity contribution in [1.29, 1.82) is 0 Å². The van der Waals surface area contributed by atoms with Crippen LogP contribution >= 0.6 is 0 Å². The maximum absolute atomic E-state index is 12.1. The Labute approximate surface area is 103 Å². The fourth-order valence-electron chi connectivity index (χ4n) is 1.77. The Bertz CT molecular complexity index is 486. The Morgan fingerprint density at radius 3 is 2.83 bits per heavy atom. The van der Waals surface area contributed by atoms with Gasteiger partial charge in [-0.2, -0.15) is 13.2 Å². The van der Waals surface area contributed by atoms with Crippen molar-refractivity contribution in [1.82, 2.24) is 14.7 Å². The maximum Gasteiger partial charge on any atom is 0.390 e. The molecule has 0 saturated carbocycles. The van der Waals surface area contributed by atoms with E-state index in [4.69, 9.17) is 0 Å². The van der Waals surface area contributed by atoms with Crippen molar-refractivity contribution in [3.8, 4) is 0 Å². The van der Waals surface area contributed by atoms with Crippen LogP contribution in [0.4, 0.5) is 13.2 Å². The van der Waals surface area contributed by atoms with Gasteiger partial charge in [0.25, 0.3) is 0 Å². The molecule has 98 valence electrons. The number of fused-ring (bicyclic) bond motifs is 1. The normalized spacial score (nSPS) is 14.0. The van der Waals surface area contributed by atoms with Crippen LogP contribution in [0, 0.1) is 0 Å². The Balaban J connectivity index is 1.94. The molecule has 0 amide bonds. The molecule has 1 atom stereocenters. The molecular weight excluding hydrogens is 243 g/mol. The Morgan fingerprint density at radius 1 is 1.39 bits per heavy atom. The standard InChI is InChI=1S/C12H14F3N3/c1-9(6-12(13,14)15)16-7-10-8-18-5-3-2-4-11(18)17-10/h2-5,8-9,16H,6-7H2,1H3. The molecule has 2 aromatic rings. The first-order valence-corrected chi connectivity index (χ1v) is 5.67. The maximum atomic E-state index is 12.1. The molecule has 0 aliphatic heterocycles. The van der Waals surface area contributed by atoms with E-state index in [9.17, 15) is 13.2 Å². The number of rotatable bonds is 4. The lowest BCUT2D eigenvalue weighted by Crippen LogP contribution is -2.30. The van der Waals surface area contributed by atoms with Crippen LogP contribution < -0.4 is 5.32 Å². The van der Waals surface area contributed by atoms with Crippen molar-refractivity contribution in [2.75, 3.05) is 0 Å². The largest absolute Gasteiger partial charge is 0.390 e. The number of halogens is 3. The zero-order chi connectivity index (χ0) is 13.2. The lowest BCUT2D eigenvalue weighted by Gasteiger charge is -2.14. The molecule has 0 spiro atoms. The number of imidazole rings is 1. The third-order valence-corrected chi connectivity index (χ3v) is 2.58. The number of alkyl halides is 3. The van der Waals surface area contributed by atoms with Crippen molar-refractivity contribution in [3.05, 3.63) is 36.3 Å². The summed E-state index contributed by atoms with van der Waals surface area (Å²) in [6.07, 6.45) is -1.31. The van der Waals surface area contributed by atoms with Crippen molar-refractivity contribution in [3.63, 3.8) is 0 Å². The number of nitrogens with one attached hydrogen (secondary N) is 1. The number of aromatic nitrogens is 2. The summed E-state index contributed by atoms with van der Waals surface area (Å²) in [6, 6.07) is 4.97. The zero-order valence-corrected chi connectivity index (χ0v) is 9.91. The van der Waals surface area contributed by atoms with Crippen molar-refractivity contribution < 1.29 is 13.2 Å². The van der Waals surface area contributed by atoms with E-state index in [0.717, 1.165) is 11.3 Å². The second kappa shape index (κ2) is 4.97. The van der Waals surface area contributed by atoms with Crippen LogP contribution in [0.15, 0.2) is 30.6 Å². The Morgan fingerprint density at radius 2 is 2.17 bits per heavy atom. The van der Waals surface area contributed by atoms with E-state index in [1.807, 2.05) is 35.0 Å². The van der Waals surface area contributed by atoms with E-state index in [0.29, 0.717) is 6.54 Å². The number of hydrogen-bond acceptors (Lipinski definition) is 2. The fraction of sp³-hybridized carbons (Fsp3) is 0.417. The average Bonchev–Trinajstić information content (AvgIpc) is 2.66. The lowest BCUT2D eigenvalue weighted by atomic mass is 10.2. The van der Waals surface area contributed by atoms with Gasteiger partial charge in [-0.15, -0.1) is 0 Å². The van der Waals surface area contributed by atoms with Crippen LogP contribution in [0.2, 0.25) is 0 Å². The first-order chi connectivity index (χ1) is 8.44. The summed E-state index contributed by atoms with van der Waals surface area (Å²) in [7, 11) is 0. The van der Waals surface area contributed by atoms with E-state index >= 15 is 0 Å². The van der Waals surface area contributed by atoms with Gasteiger partial charge in [-0.1, -0.05) is 6.07 Å². The molecule has 2 aromatic heterocycles. The molecule has 18 heavy (non-hydrogen) atoms. The van der Waals surface area contributed by atoms with Gasteiger partial charge in [-0.3, -0.25) is 0 Å². The molecular formula is C12H14F3N3. The quantitative estimate of drug-likeness (QED) is 0.912. The minimum absolute atomic E-state index is 0.332. The topological polar surface area (TPSA) is 29.3 Å². The third kappa shape index (κ3) is 3.46.